The molecule has 0 aliphatic carbocycles. The summed E-state index contributed by atoms with van der Waals surface area (Å²) in [5, 5.41) is 73.0. The van der Waals surface area contributed by atoms with Crippen molar-refractivity contribution in [1.82, 2.24) is 5.32 Å². The summed E-state index contributed by atoms with van der Waals surface area (Å²) in [7, 11) is 0. The summed E-state index contributed by atoms with van der Waals surface area (Å²) in [4.78, 5) is 11.7. The molecule has 2 aliphatic rings. The van der Waals surface area contributed by atoms with Crippen LogP contribution in [0.15, 0.2) is 0 Å². The van der Waals surface area contributed by atoms with Crippen molar-refractivity contribution >= 4 is 17.9 Å². The number of unbranched alkanes of at least 4 members (excludes halogenated alkanes) is 3. The Labute approximate surface area is 226 Å². The van der Waals surface area contributed by atoms with Gasteiger partial charge in [-0.2, -0.15) is 0 Å². The predicted molar refractivity (Wildman–Crippen MR) is 133 cm³/mol. The van der Waals surface area contributed by atoms with E-state index < -0.39 is 80.7 Å². The minimum atomic E-state index is -1.73. The number of hydrogen-bond acceptors (Lipinski definition) is 14. The maximum absolute atomic E-state index is 11.7. The van der Waals surface area contributed by atoms with Crippen LogP contribution in [0.5, 0.6) is 0 Å². The summed E-state index contributed by atoms with van der Waals surface area (Å²) in [6.07, 6.45) is -11.1. The third-order valence-corrected chi connectivity index (χ3v) is 7.00. The lowest BCUT2D eigenvalue weighted by Crippen LogP contribution is -2.64. The van der Waals surface area contributed by atoms with E-state index in [0.717, 1.165) is 25.7 Å². The highest BCUT2D eigenvalue weighted by Crippen LogP contribution is 2.30. The summed E-state index contributed by atoms with van der Waals surface area (Å²) in [6.45, 7) is 0.911. The van der Waals surface area contributed by atoms with Crippen molar-refractivity contribution in [2.75, 3.05) is 25.5 Å². The van der Waals surface area contributed by atoms with E-state index in [0.29, 0.717) is 37.2 Å². The van der Waals surface area contributed by atoms with Crippen LogP contribution in [0.25, 0.3) is 0 Å². The molecule has 0 bridgehead atoms. The molecule has 0 spiro atoms. The van der Waals surface area contributed by atoms with Gasteiger partial charge in [0.2, 0.25) is 5.91 Å². The van der Waals surface area contributed by atoms with Crippen LogP contribution < -0.4 is 5.32 Å². The Bertz CT molecular complexity index is 677. The SMILES string of the molecule is CC(CCCCCCC(=O)NCCSO)OC1OC(CO)C(O)C(O)C1OC1OC(CO)C(O)C(O)C1O. The van der Waals surface area contributed by atoms with Gasteiger partial charge >= 0.3 is 0 Å². The minimum absolute atomic E-state index is 0.0603. The summed E-state index contributed by atoms with van der Waals surface area (Å²) in [5.41, 5.74) is 0. The van der Waals surface area contributed by atoms with Gasteiger partial charge in [-0.15, -0.1) is 0 Å². The van der Waals surface area contributed by atoms with Crippen molar-refractivity contribution in [3.05, 3.63) is 0 Å². The van der Waals surface area contributed by atoms with E-state index >= 15 is 0 Å². The molecule has 11 atom stereocenters. The first-order chi connectivity index (χ1) is 18.1. The van der Waals surface area contributed by atoms with Gasteiger partial charge in [-0.25, -0.2) is 0 Å². The molecule has 2 heterocycles. The van der Waals surface area contributed by atoms with Crippen LogP contribution in [0.3, 0.4) is 0 Å². The molecule has 2 fully saturated rings. The number of aliphatic hydroxyl groups is 7. The molecule has 2 rings (SSSR count). The quantitative estimate of drug-likeness (QED) is 0.0698. The summed E-state index contributed by atoms with van der Waals surface area (Å²) >= 11 is 0.677. The molecule has 0 aromatic heterocycles. The number of aliphatic hydroxyl groups excluding tert-OH is 7. The van der Waals surface area contributed by atoms with Crippen LogP contribution in [0, 0.1) is 0 Å². The van der Waals surface area contributed by atoms with E-state index in [4.69, 9.17) is 23.5 Å². The van der Waals surface area contributed by atoms with Gasteiger partial charge in [0.1, 0.15) is 48.8 Å². The zero-order valence-corrected chi connectivity index (χ0v) is 22.3. The molecule has 2 aliphatic heterocycles. The fourth-order valence-corrected chi connectivity index (χ4v) is 4.53. The third-order valence-electron chi connectivity index (χ3n) is 6.61. The molecule has 0 aromatic rings. The topological polar surface area (TPSA) is 228 Å². The highest BCUT2D eigenvalue weighted by Gasteiger charge is 2.51. The van der Waals surface area contributed by atoms with Gasteiger partial charge < -0.3 is 64.6 Å². The smallest absolute Gasteiger partial charge is 0.220 e. The molecule has 2 saturated heterocycles. The van der Waals surface area contributed by atoms with Crippen LogP contribution in [0.1, 0.15) is 45.4 Å². The zero-order chi connectivity index (χ0) is 28.2. The molecule has 11 unspecified atom stereocenters. The average Bonchev–Trinajstić information content (AvgIpc) is 2.90. The molecule has 1 amide bonds. The molecular formula is C23H43NO13S. The third kappa shape index (κ3) is 9.76. The number of carbonyl (C=O) groups excluding carboxylic acids is 1. The van der Waals surface area contributed by atoms with Crippen LogP contribution in [-0.2, 0) is 23.7 Å². The van der Waals surface area contributed by atoms with E-state index in [9.17, 15) is 40.5 Å². The van der Waals surface area contributed by atoms with Crippen molar-refractivity contribution in [3.63, 3.8) is 0 Å². The van der Waals surface area contributed by atoms with E-state index in [1.807, 2.05) is 0 Å². The lowest BCUT2D eigenvalue weighted by atomic mass is 9.97. The number of rotatable bonds is 16. The van der Waals surface area contributed by atoms with E-state index in [-0.39, 0.29) is 5.91 Å². The standard InChI is InChI=1S/C23H43NO13S/c1-12(6-4-2-3-5-7-15(27)24-8-9-38-33)34-23-21(19(31)17(29)14(11-26)36-23)37-22-20(32)18(30)16(28)13(10-25)35-22/h12-14,16-23,25-26,28-33H,2-11H2,1H3,(H,24,27). The predicted octanol–water partition coefficient (Wildman–Crippen LogP) is -2.32. The van der Waals surface area contributed by atoms with Crippen LogP contribution in [0.2, 0.25) is 0 Å². The van der Waals surface area contributed by atoms with Crippen molar-refractivity contribution < 1.29 is 64.0 Å². The molecule has 15 heteroatoms. The van der Waals surface area contributed by atoms with Gasteiger partial charge in [0.15, 0.2) is 12.6 Å². The maximum Gasteiger partial charge on any atom is 0.220 e. The van der Waals surface area contributed by atoms with Crippen LogP contribution >= 0.6 is 12.0 Å². The number of nitrogens with one attached hydrogen (secondary N) is 1. The monoisotopic (exact) mass is 573 g/mol. The summed E-state index contributed by atoms with van der Waals surface area (Å²) in [6, 6.07) is 0. The zero-order valence-electron chi connectivity index (χ0n) is 21.4. The highest BCUT2D eigenvalue weighted by atomic mass is 32.2. The fraction of sp³-hybridized carbons (Fsp3) is 0.957. The summed E-state index contributed by atoms with van der Waals surface area (Å²) in [5.74, 6) is 0.382. The summed E-state index contributed by atoms with van der Waals surface area (Å²) < 4.78 is 31.2. The molecule has 224 valence electrons. The Kier molecular flexibility index (Phi) is 15.2. The Balaban J connectivity index is 1.88. The fourth-order valence-electron chi connectivity index (χ4n) is 4.34. The largest absolute Gasteiger partial charge is 0.394 e. The number of amides is 1. The van der Waals surface area contributed by atoms with Gasteiger partial charge in [-0.1, -0.05) is 19.3 Å². The van der Waals surface area contributed by atoms with Gasteiger partial charge in [-0.3, -0.25) is 4.79 Å². The molecule has 14 nitrogen and oxygen atoms in total. The molecule has 38 heavy (non-hydrogen) atoms. The van der Waals surface area contributed by atoms with Gasteiger partial charge in [0, 0.05) is 18.7 Å². The first-order valence-corrected chi connectivity index (χ1v) is 13.9. The lowest BCUT2D eigenvalue weighted by Gasteiger charge is -2.46. The number of carbonyl (C=O) groups is 1. The van der Waals surface area contributed by atoms with Crippen LogP contribution in [-0.4, -0.2) is 139 Å². The Morgan fingerprint density at radius 1 is 0.868 bits per heavy atom. The maximum atomic E-state index is 11.7. The highest BCUT2D eigenvalue weighted by molar-refractivity contribution is 7.93. The van der Waals surface area contributed by atoms with Gasteiger partial charge in [0.25, 0.3) is 0 Å². The average molecular weight is 574 g/mol. The van der Waals surface area contributed by atoms with Crippen molar-refractivity contribution in [2.45, 2.75) is 113 Å². The number of hydrogen-bond donors (Lipinski definition) is 9. The minimum Gasteiger partial charge on any atom is -0.394 e. The van der Waals surface area contributed by atoms with Crippen LogP contribution in [0.4, 0.5) is 0 Å². The second kappa shape index (κ2) is 17.2. The Morgan fingerprint density at radius 3 is 2.11 bits per heavy atom. The van der Waals surface area contributed by atoms with E-state index in [2.05, 4.69) is 5.32 Å². The number of ether oxygens (including phenoxy) is 4. The molecule has 0 saturated carbocycles. The molecule has 0 aromatic carbocycles. The second-order valence-electron chi connectivity index (χ2n) is 9.59. The van der Waals surface area contributed by atoms with Crippen molar-refractivity contribution in [2.24, 2.45) is 0 Å². The first-order valence-electron chi connectivity index (χ1n) is 12.9. The van der Waals surface area contributed by atoms with Gasteiger partial charge in [0.05, 0.1) is 19.3 Å². The van der Waals surface area contributed by atoms with E-state index in [1.54, 1.807) is 6.92 Å². The molecular weight excluding hydrogens is 530 g/mol. The Morgan fingerprint density at radius 2 is 1.47 bits per heavy atom. The van der Waals surface area contributed by atoms with Crippen molar-refractivity contribution in [3.8, 4) is 0 Å². The lowest BCUT2D eigenvalue weighted by molar-refractivity contribution is -0.371. The molecule has 9 N–H and O–H groups in total. The van der Waals surface area contributed by atoms with Gasteiger partial charge in [-0.05, 0) is 31.8 Å². The second-order valence-corrected chi connectivity index (χ2v) is 10.3. The van der Waals surface area contributed by atoms with E-state index in [1.165, 1.54) is 0 Å². The Hall–Kier alpha value is -0.660. The normalized spacial score (nSPS) is 36.7. The molecule has 0 radical (unpaired) electrons. The van der Waals surface area contributed by atoms with Crippen molar-refractivity contribution in [1.29, 1.82) is 0 Å². The first kappa shape index (κ1) is 33.5.